The Hall–Kier alpha value is -2.45. The predicted octanol–water partition coefficient (Wildman–Crippen LogP) is 2.02. The number of benzene rings is 1. The summed E-state index contributed by atoms with van der Waals surface area (Å²) in [5.74, 6) is -0.233. The monoisotopic (exact) mass is 388 g/mol. The summed E-state index contributed by atoms with van der Waals surface area (Å²) < 4.78 is 29.6. The molecule has 1 aliphatic rings. The van der Waals surface area contributed by atoms with Crippen molar-refractivity contribution in [3.05, 3.63) is 54.9 Å². The minimum absolute atomic E-state index is 0.0508. The number of nitrogens with one attached hydrogen (secondary N) is 1. The van der Waals surface area contributed by atoms with E-state index in [1.165, 1.54) is 16.6 Å². The van der Waals surface area contributed by atoms with E-state index in [1.54, 1.807) is 11.6 Å². The molecule has 1 amide bonds. The van der Waals surface area contributed by atoms with Gasteiger partial charge in [-0.1, -0.05) is 24.8 Å². The molecule has 0 spiro atoms. The maximum Gasteiger partial charge on any atom is 0.246 e. The van der Waals surface area contributed by atoms with Gasteiger partial charge in [-0.25, -0.2) is 13.1 Å². The van der Waals surface area contributed by atoms with Crippen LogP contribution in [0.1, 0.15) is 25.5 Å². The van der Waals surface area contributed by atoms with Crippen LogP contribution in [-0.4, -0.2) is 47.0 Å². The van der Waals surface area contributed by atoms with Crippen molar-refractivity contribution < 1.29 is 13.2 Å². The SMILES string of the molecule is C=CC(=O)NC1CCN(S(=O)(=O)c2cnn(-c3ccccc3)c2C)C(C)C1. The van der Waals surface area contributed by atoms with Gasteiger partial charge in [0.1, 0.15) is 4.90 Å². The minimum atomic E-state index is -3.67. The summed E-state index contributed by atoms with van der Waals surface area (Å²) in [6, 6.07) is 9.16. The van der Waals surface area contributed by atoms with Gasteiger partial charge in [0.15, 0.2) is 0 Å². The summed E-state index contributed by atoms with van der Waals surface area (Å²) in [6.07, 6.45) is 3.77. The first kappa shape index (κ1) is 19.3. The van der Waals surface area contributed by atoms with E-state index in [0.717, 1.165) is 5.69 Å². The first-order chi connectivity index (χ1) is 12.8. The summed E-state index contributed by atoms with van der Waals surface area (Å²) >= 11 is 0. The number of rotatable bonds is 5. The molecular formula is C19H24N4O3S. The van der Waals surface area contributed by atoms with Crippen LogP contribution >= 0.6 is 0 Å². The Labute approximate surface area is 159 Å². The van der Waals surface area contributed by atoms with Gasteiger partial charge < -0.3 is 5.32 Å². The highest BCUT2D eigenvalue weighted by molar-refractivity contribution is 7.89. The number of carbonyl (C=O) groups excluding carboxylic acids is 1. The van der Waals surface area contributed by atoms with Gasteiger partial charge in [0, 0.05) is 18.6 Å². The van der Waals surface area contributed by atoms with Gasteiger partial charge in [0.25, 0.3) is 0 Å². The lowest BCUT2D eigenvalue weighted by molar-refractivity contribution is -0.117. The van der Waals surface area contributed by atoms with Crippen molar-refractivity contribution in [2.45, 2.75) is 43.7 Å². The van der Waals surface area contributed by atoms with Crippen molar-refractivity contribution >= 4 is 15.9 Å². The van der Waals surface area contributed by atoms with Crippen molar-refractivity contribution in [1.29, 1.82) is 0 Å². The molecule has 0 bridgehead atoms. The van der Waals surface area contributed by atoms with E-state index in [4.69, 9.17) is 0 Å². The van der Waals surface area contributed by atoms with E-state index in [-0.39, 0.29) is 22.9 Å². The first-order valence-corrected chi connectivity index (χ1v) is 10.3. The Balaban J connectivity index is 1.82. The number of para-hydroxylation sites is 1. The van der Waals surface area contributed by atoms with E-state index in [9.17, 15) is 13.2 Å². The number of piperidine rings is 1. The average molecular weight is 388 g/mol. The Morgan fingerprint density at radius 2 is 2.04 bits per heavy atom. The Kier molecular flexibility index (Phi) is 5.48. The third-order valence-corrected chi connectivity index (χ3v) is 7.02. The number of nitrogens with zero attached hydrogens (tertiary/aromatic N) is 3. The van der Waals surface area contributed by atoms with E-state index >= 15 is 0 Å². The van der Waals surface area contributed by atoms with E-state index < -0.39 is 10.0 Å². The normalized spacial score (nSPS) is 21.0. The molecule has 2 heterocycles. The van der Waals surface area contributed by atoms with Gasteiger partial charge in [-0.15, -0.1) is 0 Å². The van der Waals surface area contributed by atoms with Crippen molar-refractivity contribution in [3.63, 3.8) is 0 Å². The Bertz CT molecular complexity index is 937. The Morgan fingerprint density at radius 1 is 1.33 bits per heavy atom. The van der Waals surface area contributed by atoms with Crippen LogP contribution in [0, 0.1) is 6.92 Å². The summed E-state index contributed by atoms with van der Waals surface area (Å²) in [5, 5.41) is 7.13. The summed E-state index contributed by atoms with van der Waals surface area (Å²) in [5.41, 5.74) is 1.39. The fourth-order valence-corrected chi connectivity index (χ4v) is 5.30. The van der Waals surface area contributed by atoms with Gasteiger partial charge in [0.05, 0.1) is 17.6 Å². The standard InChI is InChI=1S/C19H24N4O3S/c1-4-19(24)21-16-10-11-22(14(2)12-16)27(25,26)18-13-20-23(15(18)3)17-8-6-5-7-9-17/h4-9,13-14,16H,1,10-12H2,2-3H3,(H,21,24). The van der Waals surface area contributed by atoms with Crippen LogP contribution in [0.5, 0.6) is 0 Å². The van der Waals surface area contributed by atoms with Crippen LogP contribution < -0.4 is 5.32 Å². The number of aromatic nitrogens is 2. The van der Waals surface area contributed by atoms with E-state index in [2.05, 4.69) is 17.0 Å². The quantitative estimate of drug-likeness (QED) is 0.795. The lowest BCUT2D eigenvalue weighted by Crippen LogP contribution is -2.50. The predicted molar refractivity (Wildman–Crippen MR) is 103 cm³/mol. The largest absolute Gasteiger partial charge is 0.350 e. The molecule has 27 heavy (non-hydrogen) atoms. The lowest BCUT2D eigenvalue weighted by atomic mass is 10.0. The average Bonchev–Trinajstić information content (AvgIpc) is 3.04. The zero-order chi connectivity index (χ0) is 19.6. The molecule has 1 aliphatic heterocycles. The van der Waals surface area contributed by atoms with Crippen LogP contribution in [0.2, 0.25) is 0 Å². The van der Waals surface area contributed by atoms with Crippen LogP contribution in [-0.2, 0) is 14.8 Å². The summed E-state index contributed by atoms with van der Waals surface area (Å²) in [6.45, 7) is 7.42. The van der Waals surface area contributed by atoms with Crippen LogP contribution in [0.4, 0.5) is 0 Å². The molecule has 0 radical (unpaired) electrons. The second-order valence-corrected chi connectivity index (χ2v) is 8.60. The highest BCUT2D eigenvalue weighted by Crippen LogP contribution is 2.28. The number of sulfonamides is 1. The molecule has 3 rings (SSSR count). The maximum atomic E-state index is 13.2. The molecule has 0 aliphatic carbocycles. The molecule has 0 saturated carbocycles. The fourth-order valence-electron chi connectivity index (χ4n) is 3.50. The van der Waals surface area contributed by atoms with Gasteiger partial charge in [-0.05, 0) is 44.9 Å². The number of carbonyl (C=O) groups is 1. The van der Waals surface area contributed by atoms with Crippen molar-refractivity contribution in [1.82, 2.24) is 19.4 Å². The molecule has 1 aromatic heterocycles. The highest BCUT2D eigenvalue weighted by Gasteiger charge is 2.36. The second-order valence-electron chi connectivity index (χ2n) is 6.74. The molecule has 144 valence electrons. The molecule has 8 heteroatoms. The summed E-state index contributed by atoms with van der Waals surface area (Å²) in [4.78, 5) is 11.7. The zero-order valence-corrected chi connectivity index (χ0v) is 16.3. The smallest absolute Gasteiger partial charge is 0.246 e. The number of amides is 1. The molecule has 1 fully saturated rings. The first-order valence-electron chi connectivity index (χ1n) is 8.89. The molecule has 1 aromatic carbocycles. The topological polar surface area (TPSA) is 84.3 Å². The molecule has 2 atom stereocenters. The van der Waals surface area contributed by atoms with Crippen LogP contribution in [0.3, 0.4) is 0 Å². The molecule has 1 saturated heterocycles. The van der Waals surface area contributed by atoms with Crippen molar-refractivity contribution in [2.24, 2.45) is 0 Å². The molecular weight excluding hydrogens is 364 g/mol. The van der Waals surface area contributed by atoms with E-state index in [0.29, 0.717) is 25.1 Å². The maximum absolute atomic E-state index is 13.2. The van der Waals surface area contributed by atoms with Crippen LogP contribution in [0.25, 0.3) is 5.69 Å². The molecule has 2 unspecified atom stereocenters. The highest BCUT2D eigenvalue weighted by atomic mass is 32.2. The third kappa shape index (κ3) is 3.81. The van der Waals surface area contributed by atoms with Gasteiger partial charge >= 0.3 is 0 Å². The molecule has 7 nitrogen and oxygen atoms in total. The lowest BCUT2D eigenvalue weighted by Gasteiger charge is -2.36. The van der Waals surface area contributed by atoms with Gasteiger partial charge in [-0.3, -0.25) is 4.79 Å². The van der Waals surface area contributed by atoms with Crippen molar-refractivity contribution in [2.75, 3.05) is 6.54 Å². The van der Waals surface area contributed by atoms with Crippen LogP contribution in [0.15, 0.2) is 54.1 Å². The minimum Gasteiger partial charge on any atom is -0.350 e. The van der Waals surface area contributed by atoms with Gasteiger partial charge in [0.2, 0.25) is 15.9 Å². The third-order valence-electron chi connectivity index (χ3n) is 4.90. The molecule has 1 N–H and O–H groups in total. The Morgan fingerprint density at radius 3 is 2.67 bits per heavy atom. The van der Waals surface area contributed by atoms with Gasteiger partial charge in [-0.2, -0.15) is 9.40 Å². The van der Waals surface area contributed by atoms with Crippen molar-refractivity contribution in [3.8, 4) is 5.69 Å². The number of hydrogen-bond acceptors (Lipinski definition) is 4. The fraction of sp³-hybridized carbons (Fsp3) is 0.368. The summed E-state index contributed by atoms with van der Waals surface area (Å²) in [7, 11) is -3.67. The second kappa shape index (κ2) is 7.66. The zero-order valence-electron chi connectivity index (χ0n) is 15.5. The molecule has 2 aromatic rings. The number of hydrogen-bond donors (Lipinski definition) is 1. The van der Waals surface area contributed by atoms with E-state index in [1.807, 2.05) is 37.3 Å².